The maximum Gasteiger partial charge on any atom is 1.00 e. The molecule has 0 saturated carbocycles. The third-order valence-corrected chi connectivity index (χ3v) is 2.37. The molecule has 0 aliphatic rings. The molecule has 0 radical (unpaired) electrons. The molecule has 48 valence electrons. The van der Waals surface area contributed by atoms with Gasteiger partial charge in [-0.2, -0.15) is 23.3 Å². The summed E-state index contributed by atoms with van der Waals surface area (Å²) in [7, 11) is 0. The first-order valence-electron chi connectivity index (χ1n) is 2.15. The largest absolute Gasteiger partial charge is 1.00 e. The minimum absolute atomic E-state index is 0. The van der Waals surface area contributed by atoms with Crippen LogP contribution in [-0.4, -0.2) is 77.6 Å². The Hall–Kier alpha value is 2.89. The predicted molar refractivity (Wildman–Crippen MR) is 53.3 cm³/mol. The minimum atomic E-state index is 0. The first kappa shape index (κ1) is 17.8. The van der Waals surface area contributed by atoms with Gasteiger partial charge in [-0.05, 0) is 11.5 Å². The predicted octanol–water partition coefficient (Wildman–Crippen LogP) is 0.0518. The third-order valence-electron chi connectivity index (χ3n) is 0.455. The van der Waals surface area contributed by atoms with Crippen molar-refractivity contribution in [3.05, 3.63) is 0 Å². The van der Waals surface area contributed by atoms with Crippen LogP contribution in [0.2, 0.25) is 0 Å². The summed E-state index contributed by atoms with van der Waals surface area (Å²) < 4.78 is 0. The first-order chi connectivity index (χ1) is 3.41. The van der Waals surface area contributed by atoms with Gasteiger partial charge < -0.3 is 25.3 Å². The molecule has 0 heterocycles. The monoisotopic (exact) mass is 562 g/mol. The van der Waals surface area contributed by atoms with Crippen molar-refractivity contribution < 1.29 is 0 Å². The van der Waals surface area contributed by atoms with Crippen LogP contribution in [0.3, 0.4) is 0 Å². The molecule has 0 aromatic heterocycles. The fraction of sp³-hybridized carbons (Fsp3) is 1.00. The van der Waals surface area contributed by atoms with E-state index in [0.29, 0.717) is 0 Å². The van der Waals surface area contributed by atoms with Gasteiger partial charge in [-0.25, -0.2) is 0 Å². The Morgan fingerprint density at radius 2 is 1.22 bits per heavy atom. The minimum Gasteiger partial charge on any atom is -0.792 e. The van der Waals surface area contributed by atoms with E-state index in [-0.39, 0.29) is 54.6 Å². The van der Waals surface area contributed by atoms with Crippen LogP contribution in [0.25, 0.3) is 0 Å². The number of thioether (sulfide) groups is 1. The molecule has 0 spiro atoms. The van der Waals surface area contributed by atoms with Crippen molar-refractivity contribution in [2.45, 2.75) is 0 Å². The molecule has 0 saturated heterocycles. The van der Waals surface area contributed by atoms with E-state index in [4.69, 9.17) is 25.3 Å². The van der Waals surface area contributed by atoms with Crippen LogP contribution >= 0.6 is 11.8 Å². The quantitative estimate of drug-likeness (QED) is 0.271. The average Bonchev–Trinajstić information content (AvgIpc) is 1.69. The van der Waals surface area contributed by atoms with Gasteiger partial charge in [0.05, 0.1) is 0 Å². The molecule has 0 nitrogen and oxygen atoms in total. The van der Waals surface area contributed by atoms with Gasteiger partial charge in [0.25, 0.3) is 0 Å². The Kier molecular flexibility index (Phi) is 33.9. The number of hydrogen-bond donors (Lipinski definition) is 0. The van der Waals surface area contributed by atoms with Crippen LogP contribution in [0, 0.1) is 0 Å². The average molecular weight is 561 g/mol. The smallest absolute Gasteiger partial charge is 0.792 e. The van der Waals surface area contributed by atoms with E-state index in [1.165, 1.54) is 0 Å². The summed E-state index contributed by atoms with van der Waals surface area (Å²) in [5, 5.41) is 0. The molecule has 0 unspecified atom stereocenters. The van der Waals surface area contributed by atoms with Gasteiger partial charge in [-0.3, -0.25) is 0 Å². The molecule has 0 atom stereocenters. The normalized spacial score (nSPS) is 7.33. The van der Waals surface area contributed by atoms with E-state index in [2.05, 4.69) is 0 Å². The van der Waals surface area contributed by atoms with Crippen LogP contribution in [0.4, 0.5) is 0 Å². The van der Waals surface area contributed by atoms with Crippen LogP contribution in [0.5, 0.6) is 0 Å². The van der Waals surface area contributed by atoms with Crippen molar-refractivity contribution in [1.82, 2.24) is 0 Å². The van der Waals surface area contributed by atoms with E-state index < -0.39 is 0 Å². The van der Waals surface area contributed by atoms with Crippen molar-refractivity contribution in [2.75, 3.05) is 23.0 Å². The molecule has 9 heavy (non-hydrogen) atoms. The zero-order valence-electron chi connectivity index (χ0n) is 5.21. The first-order valence-corrected chi connectivity index (χ1v) is 4.46. The van der Waals surface area contributed by atoms with Crippen LogP contribution in [0.1, 0.15) is 0 Å². The molecule has 0 fully saturated rings. The van der Waals surface area contributed by atoms with Gasteiger partial charge >= 0.3 is 54.6 Å². The van der Waals surface area contributed by atoms with E-state index in [0.717, 1.165) is 23.0 Å². The topological polar surface area (TPSA) is 0 Å². The van der Waals surface area contributed by atoms with E-state index in [1.54, 1.807) is 0 Å². The van der Waals surface area contributed by atoms with Crippen molar-refractivity contribution in [3.63, 3.8) is 0 Å². The third kappa shape index (κ3) is 18.1. The Labute approximate surface area is 113 Å². The van der Waals surface area contributed by atoms with Gasteiger partial charge in [-0.15, -0.1) is 0 Å². The van der Waals surface area contributed by atoms with E-state index in [9.17, 15) is 0 Å². The zero-order chi connectivity index (χ0) is 5.54. The summed E-state index contributed by atoms with van der Waals surface area (Å²) in [4.78, 5) is 0. The molecule has 0 aromatic carbocycles. The molecular formula is C4H8S3Tl2. The fourth-order valence-corrected chi connectivity index (χ4v) is 1.37. The van der Waals surface area contributed by atoms with Crippen molar-refractivity contribution in [1.29, 1.82) is 0 Å². The van der Waals surface area contributed by atoms with Crippen molar-refractivity contribution >= 4 is 91.6 Å². The van der Waals surface area contributed by atoms with Gasteiger partial charge in [0, 0.05) is 0 Å². The van der Waals surface area contributed by atoms with E-state index >= 15 is 0 Å². The second kappa shape index (κ2) is 17.1. The van der Waals surface area contributed by atoms with Crippen molar-refractivity contribution in [2.24, 2.45) is 0 Å². The second-order valence-corrected chi connectivity index (χ2v) is 3.06. The summed E-state index contributed by atoms with van der Waals surface area (Å²) in [6.07, 6.45) is 0. The molecule has 0 rings (SSSR count). The molecule has 0 amide bonds. The van der Waals surface area contributed by atoms with Crippen LogP contribution in [0.15, 0.2) is 0 Å². The van der Waals surface area contributed by atoms with Gasteiger partial charge in [0.15, 0.2) is 0 Å². The second-order valence-electron chi connectivity index (χ2n) is 1.02. The summed E-state index contributed by atoms with van der Waals surface area (Å²) in [6, 6.07) is 0. The Morgan fingerprint density at radius 3 is 1.44 bits per heavy atom. The maximum absolute atomic E-state index is 4.71. The molecule has 0 bridgehead atoms. The standard InChI is InChI=1S/C4H10S3.2Tl/c5-1-3-7-4-2-6;;/h5-6H,1-4H2;;/q;2*+1/p-2. The molecule has 0 aliphatic heterocycles. The van der Waals surface area contributed by atoms with E-state index in [1.807, 2.05) is 11.8 Å². The fourth-order valence-electron chi connectivity index (χ4n) is 0.220. The summed E-state index contributed by atoms with van der Waals surface area (Å²) in [6.45, 7) is 0. The van der Waals surface area contributed by atoms with Crippen LogP contribution < -0.4 is 0 Å². The van der Waals surface area contributed by atoms with Crippen LogP contribution in [-0.2, 0) is 25.3 Å². The summed E-state index contributed by atoms with van der Waals surface area (Å²) in [5.74, 6) is 3.90. The van der Waals surface area contributed by atoms with Gasteiger partial charge in [0.2, 0.25) is 0 Å². The van der Waals surface area contributed by atoms with Crippen molar-refractivity contribution in [3.8, 4) is 0 Å². The SMILES string of the molecule is [S-]CCSCC[S-].[Tl+].[Tl+]. The molecule has 0 aliphatic carbocycles. The molecule has 0 aromatic rings. The zero-order valence-corrected chi connectivity index (χ0v) is 16.6. The molecule has 0 N–H and O–H groups in total. The summed E-state index contributed by atoms with van der Waals surface area (Å²) in [5.41, 5.74) is 0. The summed E-state index contributed by atoms with van der Waals surface area (Å²) >= 11 is 11.3. The Balaban J connectivity index is -0.000000180. The molecular weight excluding hydrogens is 553 g/mol. The maximum atomic E-state index is 4.71. The Bertz CT molecular complexity index is 33.0. The number of rotatable bonds is 4. The molecule has 5 heteroatoms. The van der Waals surface area contributed by atoms with Gasteiger partial charge in [-0.1, -0.05) is 0 Å². The number of hydrogen-bond acceptors (Lipinski definition) is 3. The van der Waals surface area contributed by atoms with Gasteiger partial charge in [0.1, 0.15) is 0 Å². The Morgan fingerprint density at radius 1 is 0.889 bits per heavy atom.